The van der Waals surface area contributed by atoms with Crippen molar-refractivity contribution in [3.05, 3.63) is 50.1 Å². The zero-order valence-corrected chi connectivity index (χ0v) is 13.2. The van der Waals surface area contributed by atoms with Crippen LogP contribution in [0.5, 0.6) is 0 Å². The van der Waals surface area contributed by atoms with Crippen LogP contribution < -0.4 is 4.90 Å². The van der Waals surface area contributed by atoms with Gasteiger partial charge in [0, 0.05) is 33.7 Å². The third kappa shape index (κ3) is 2.57. The summed E-state index contributed by atoms with van der Waals surface area (Å²) in [5.41, 5.74) is 3.57. The Labute approximate surface area is 125 Å². The van der Waals surface area contributed by atoms with E-state index in [0.29, 0.717) is 0 Å². The van der Waals surface area contributed by atoms with Crippen LogP contribution in [0.15, 0.2) is 34.1 Å². The maximum absolute atomic E-state index is 9.97. The summed E-state index contributed by atoms with van der Waals surface area (Å²) in [4.78, 5) is 3.87. The van der Waals surface area contributed by atoms with Crippen LogP contribution >= 0.6 is 27.3 Å². The van der Waals surface area contributed by atoms with Crippen molar-refractivity contribution < 1.29 is 5.11 Å². The van der Waals surface area contributed by atoms with E-state index in [9.17, 15) is 5.11 Å². The van der Waals surface area contributed by atoms with E-state index in [2.05, 4.69) is 38.3 Å². The van der Waals surface area contributed by atoms with Gasteiger partial charge in [0.2, 0.25) is 0 Å². The van der Waals surface area contributed by atoms with Crippen molar-refractivity contribution >= 4 is 33.0 Å². The van der Waals surface area contributed by atoms with Crippen molar-refractivity contribution in [1.82, 2.24) is 0 Å². The molecule has 0 bridgehead atoms. The lowest BCUT2D eigenvalue weighted by atomic mass is 10.0. The van der Waals surface area contributed by atoms with E-state index < -0.39 is 6.10 Å². The lowest BCUT2D eigenvalue weighted by molar-refractivity contribution is 0.199. The van der Waals surface area contributed by atoms with Crippen molar-refractivity contribution in [2.45, 2.75) is 26.0 Å². The molecule has 1 N–H and O–H groups in total. The summed E-state index contributed by atoms with van der Waals surface area (Å²) < 4.78 is 1.01. The number of anilines is 1. The van der Waals surface area contributed by atoms with Gasteiger partial charge in [-0.15, -0.1) is 11.3 Å². The van der Waals surface area contributed by atoms with E-state index in [1.54, 1.807) is 0 Å². The molecule has 0 aliphatic carbocycles. The van der Waals surface area contributed by atoms with Gasteiger partial charge in [-0.3, -0.25) is 0 Å². The highest BCUT2D eigenvalue weighted by molar-refractivity contribution is 9.10. The Balaban J connectivity index is 1.95. The van der Waals surface area contributed by atoms with Crippen molar-refractivity contribution in [3.8, 4) is 0 Å². The Morgan fingerprint density at radius 2 is 2.21 bits per heavy atom. The molecule has 2 heterocycles. The van der Waals surface area contributed by atoms with E-state index >= 15 is 0 Å². The molecule has 0 fully saturated rings. The molecule has 0 saturated heterocycles. The first-order chi connectivity index (χ1) is 9.15. The second-order valence-electron chi connectivity index (χ2n) is 4.92. The van der Waals surface area contributed by atoms with E-state index in [-0.39, 0.29) is 0 Å². The number of hydrogen-bond donors (Lipinski definition) is 1. The van der Waals surface area contributed by atoms with Gasteiger partial charge >= 0.3 is 0 Å². The molecule has 1 aromatic heterocycles. The molecule has 0 amide bonds. The van der Waals surface area contributed by atoms with Gasteiger partial charge in [0.05, 0.1) is 6.10 Å². The quantitative estimate of drug-likeness (QED) is 0.890. The summed E-state index contributed by atoms with van der Waals surface area (Å²) in [5.74, 6) is 0. The average molecular weight is 338 g/mol. The van der Waals surface area contributed by atoms with Gasteiger partial charge < -0.3 is 10.0 Å². The van der Waals surface area contributed by atoms with Crippen LogP contribution in [0, 0.1) is 0 Å². The largest absolute Gasteiger partial charge is 0.389 e. The molecule has 2 aromatic rings. The molecule has 1 aliphatic rings. The summed E-state index contributed by atoms with van der Waals surface area (Å²) in [6, 6.07) is 8.38. The Hall–Kier alpha value is -0.840. The number of aliphatic hydroxyl groups excluding tert-OH is 1. The van der Waals surface area contributed by atoms with E-state index in [4.69, 9.17) is 0 Å². The monoisotopic (exact) mass is 337 g/mol. The number of fused-ring (bicyclic) bond motifs is 1. The topological polar surface area (TPSA) is 23.5 Å². The molecule has 0 radical (unpaired) electrons. The number of nitrogens with zero attached hydrogens (tertiary/aromatic N) is 1. The first kappa shape index (κ1) is 13.2. The number of halogens is 1. The molecule has 19 heavy (non-hydrogen) atoms. The van der Waals surface area contributed by atoms with Crippen molar-refractivity contribution in [2.75, 3.05) is 11.4 Å². The molecule has 2 nitrogen and oxygen atoms in total. The lowest BCUT2D eigenvalue weighted by Crippen LogP contribution is -2.30. The number of hydrogen-bond acceptors (Lipinski definition) is 3. The molecule has 1 unspecified atom stereocenters. The Morgan fingerprint density at radius 3 is 3.00 bits per heavy atom. The highest BCUT2D eigenvalue weighted by Gasteiger charge is 2.20. The van der Waals surface area contributed by atoms with Crippen LogP contribution in [0.2, 0.25) is 0 Å². The predicted octanol–water partition coefficient (Wildman–Crippen LogP) is 4.13. The van der Waals surface area contributed by atoms with Gasteiger partial charge in [-0.25, -0.2) is 0 Å². The predicted molar refractivity (Wildman–Crippen MR) is 83.8 cm³/mol. The van der Waals surface area contributed by atoms with E-state index in [1.807, 2.05) is 30.4 Å². The maximum atomic E-state index is 9.97. The number of benzene rings is 1. The van der Waals surface area contributed by atoms with Crippen LogP contribution in [0.1, 0.15) is 29.0 Å². The van der Waals surface area contributed by atoms with E-state index in [1.165, 1.54) is 10.4 Å². The van der Waals surface area contributed by atoms with Crippen LogP contribution in [0.3, 0.4) is 0 Å². The molecular weight excluding hydrogens is 322 g/mol. The zero-order chi connectivity index (χ0) is 13.4. The minimum Gasteiger partial charge on any atom is -0.389 e. The molecule has 4 heteroatoms. The van der Waals surface area contributed by atoms with Crippen LogP contribution in [-0.4, -0.2) is 11.7 Å². The minimum atomic E-state index is -0.448. The van der Waals surface area contributed by atoms with Crippen LogP contribution in [0.25, 0.3) is 0 Å². The molecule has 0 saturated carbocycles. The van der Waals surface area contributed by atoms with Crippen molar-refractivity contribution in [3.63, 3.8) is 0 Å². The SMILES string of the molecule is CC(O)c1cc(Br)ccc1N1CCc2sccc2C1. The van der Waals surface area contributed by atoms with Gasteiger partial charge in [0.1, 0.15) is 0 Å². The summed E-state index contributed by atoms with van der Waals surface area (Å²) in [5, 5.41) is 12.1. The molecule has 0 spiro atoms. The summed E-state index contributed by atoms with van der Waals surface area (Å²) in [7, 11) is 0. The molecule has 1 atom stereocenters. The van der Waals surface area contributed by atoms with Crippen molar-refractivity contribution in [1.29, 1.82) is 0 Å². The smallest absolute Gasteiger partial charge is 0.0782 e. The van der Waals surface area contributed by atoms with Crippen LogP contribution in [-0.2, 0) is 13.0 Å². The maximum Gasteiger partial charge on any atom is 0.0782 e. The van der Waals surface area contributed by atoms with Gasteiger partial charge in [-0.05, 0) is 48.6 Å². The highest BCUT2D eigenvalue weighted by Crippen LogP contribution is 2.33. The van der Waals surface area contributed by atoms with Gasteiger partial charge in [0.25, 0.3) is 0 Å². The Bertz CT molecular complexity index is 594. The first-order valence-corrected chi connectivity index (χ1v) is 8.10. The third-order valence-electron chi connectivity index (χ3n) is 3.59. The fourth-order valence-electron chi connectivity index (χ4n) is 2.60. The van der Waals surface area contributed by atoms with Gasteiger partial charge in [-0.2, -0.15) is 0 Å². The lowest BCUT2D eigenvalue weighted by Gasteiger charge is -2.31. The second-order valence-corrected chi connectivity index (χ2v) is 6.84. The zero-order valence-electron chi connectivity index (χ0n) is 10.8. The second kappa shape index (κ2) is 5.27. The number of thiophene rings is 1. The molecule has 3 rings (SSSR count). The molecule has 1 aromatic carbocycles. The summed E-state index contributed by atoms with van der Waals surface area (Å²) in [6.07, 6.45) is 0.652. The first-order valence-electron chi connectivity index (χ1n) is 6.43. The van der Waals surface area contributed by atoms with E-state index in [0.717, 1.165) is 35.2 Å². The molecule has 100 valence electrons. The number of rotatable bonds is 2. The average Bonchev–Trinajstić information content (AvgIpc) is 2.85. The number of aliphatic hydroxyl groups is 1. The Morgan fingerprint density at radius 1 is 1.37 bits per heavy atom. The highest BCUT2D eigenvalue weighted by atomic mass is 79.9. The van der Waals surface area contributed by atoms with Gasteiger partial charge in [-0.1, -0.05) is 15.9 Å². The fraction of sp³-hybridized carbons (Fsp3) is 0.333. The standard InChI is InChI=1S/C15H16BrNOS/c1-10(18)13-8-12(16)2-3-14(13)17-6-4-15-11(9-17)5-7-19-15/h2-3,5,7-8,10,18H,4,6,9H2,1H3. The molecule has 1 aliphatic heterocycles. The third-order valence-corrected chi connectivity index (χ3v) is 5.10. The summed E-state index contributed by atoms with van der Waals surface area (Å²) >= 11 is 5.33. The van der Waals surface area contributed by atoms with Gasteiger partial charge in [0.15, 0.2) is 0 Å². The summed E-state index contributed by atoms with van der Waals surface area (Å²) in [6.45, 7) is 3.79. The molecular formula is C15H16BrNOS. The van der Waals surface area contributed by atoms with Crippen LogP contribution in [0.4, 0.5) is 5.69 Å². The normalized spacial score (nSPS) is 16.3. The minimum absolute atomic E-state index is 0.448. The Kier molecular flexibility index (Phi) is 3.65. The van der Waals surface area contributed by atoms with Crippen molar-refractivity contribution in [2.24, 2.45) is 0 Å². The fourth-order valence-corrected chi connectivity index (χ4v) is 3.87.